The number of amides is 1. The largest absolute Gasteiger partial charge is 0.343 e. The molecule has 1 atom stereocenters. The molecule has 7 nitrogen and oxygen atoms in total. The number of para-hydroxylation sites is 2. The van der Waals surface area contributed by atoms with E-state index in [1.54, 1.807) is 21.3 Å². The number of aromatic nitrogens is 4. The Balaban J connectivity index is 1.78. The molecule has 4 rings (SSSR count). The van der Waals surface area contributed by atoms with Gasteiger partial charge >= 0.3 is 0 Å². The number of carbonyl (C=O) groups is 1. The van der Waals surface area contributed by atoms with Crippen LogP contribution >= 0.6 is 0 Å². The molecule has 0 fully saturated rings. The Hall–Kier alpha value is -3.48. The molecule has 3 heterocycles. The highest BCUT2D eigenvalue weighted by molar-refractivity contribution is 5.94. The summed E-state index contributed by atoms with van der Waals surface area (Å²) in [5, 5.41) is 7.34. The molecule has 0 bridgehead atoms. The molecule has 0 saturated heterocycles. The van der Waals surface area contributed by atoms with E-state index in [2.05, 4.69) is 29.2 Å². The molecule has 0 radical (unpaired) electrons. The summed E-state index contributed by atoms with van der Waals surface area (Å²) < 4.78 is 3.32. The van der Waals surface area contributed by atoms with Crippen LogP contribution < -0.4 is 10.9 Å². The van der Waals surface area contributed by atoms with Gasteiger partial charge in [0.2, 0.25) is 0 Å². The molecule has 0 aliphatic heterocycles. The van der Waals surface area contributed by atoms with E-state index in [0.717, 1.165) is 16.7 Å². The second-order valence-electron chi connectivity index (χ2n) is 7.57. The van der Waals surface area contributed by atoms with Crippen LogP contribution in [0.5, 0.6) is 0 Å². The highest BCUT2D eigenvalue weighted by atomic mass is 16.2. The maximum atomic E-state index is 13.1. The lowest BCUT2D eigenvalue weighted by atomic mass is 10.2. The fraction of sp³-hybridized carbons (Fsp3) is 0.273. The van der Waals surface area contributed by atoms with Crippen LogP contribution in [0.2, 0.25) is 0 Å². The standard InChI is InChI=1S/C22H23N5O2/c1-14(2)13-26-18-9-4-5-10-19(18)27-20(22(26)29)12-17(25-27)21(28)24-15(3)16-8-6-7-11-23-16/h4-12,14-15H,13H2,1-3H3,(H,24,28). The average Bonchev–Trinajstić information content (AvgIpc) is 3.17. The predicted octanol–water partition coefficient (Wildman–Crippen LogP) is 3.19. The Morgan fingerprint density at radius 3 is 2.45 bits per heavy atom. The zero-order chi connectivity index (χ0) is 20.5. The quantitative estimate of drug-likeness (QED) is 0.568. The van der Waals surface area contributed by atoms with Gasteiger partial charge in [0.1, 0.15) is 5.52 Å². The van der Waals surface area contributed by atoms with Gasteiger partial charge in [-0.05, 0) is 37.1 Å². The topological polar surface area (TPSA) is 81.3 Å². The smallest absolute Gasteiger partial charge is 0.277 e. The zero-order valence-corrected chi connectivity index (χ0v) is 16.7. The highest BCUT2D eigenvalue weighted by Crippen LogP contribution is 2.17. The minimum absolute atomic E-state index is 0.151. The summed E-state index contributed by atoms with van der Waals surface area (Å²) in [6.07, 6.45) is 1.69. The lowest BCUT2D eigenvalue weighted by molar-refractivity contribution is 0.0934. The Morgan fingerprint density at radius 2 is 1.76 bits per heavy atom. The first-order valence-corrected chi connectivity index (χ1v) is 9.69. The third-order valence-electron chi connectivity index (χ3n) is 4.83. The number of carbonyl (C=O) groups excluding carboxylic acids is 1. The van der Waals surface area contributed by atoms with E-state index in [9.17, 15) is 9.59 Å². The Bertz CT molecular complexity index is 1240. The molecule has 0 aliphatic rings. The first-order valence-electron chi connectivity index (χ1n) is 9.69. The first kappa shape index (κ1) is 18.9. The minimum atomic E-state index is -0.342. The number of nitrogens with one attached hydrogen (secondary N) is 1. The van der Waals surface area contributed by atoms with Crippen molar-refractivity contribution < 1.29 is 4.79 Å². The Labute approximate surface area is 168 Å². The molecule has 3 aromatic heterocycles. The number of nitrogens with zero attached hydrogens (tertiary/aromatic N) is 4. The second kappa shape index (κ2) is 7.50. The van der Waals surface area contributed by atoms with Gasteiger partial charge in [-0.2, -0.15) is 5.10 Å². The van der Waals surface area contributed by atoms with Crippen molar-refractivity contribution in [2.45, 2.75) is 33.4 Å². The van der Waals surface area contributed by atoms with Crippen molar-refractivity contribution in [3.63, 3.8) is 0 Å². The van der Waals surface area contributed by atoms with E-state index in [0.29, 0.717) is 18.0 Å². The summed E-state index contributed by atoms with van der Waals surface area (Å²) >= 11 is 0. The van der Waals surface area contributed by atoms with Gasteiger partial charge in [-0.15, -0.1) is 0 Å². The summed E-state index contributed by atoms with van der Waals surface area (Å²) in [5.74, 6) is -0.0331. The molecular weight excluding hydrogens is 366 g/mol. The van der Waals surface area contributed by atoms with Crippen molar-refractivity contribution in [1.82, 2.24) is 24.5 Å². The van der Waals surface area contributed by atoms with Crippen LogP contribution in [0.15, 0.2) is 59.5 Å². The SMILES string of the molecule is CC(C)Cn1c(=O)c2cc(C(=O)NC(C)c3ccccn3)nn2c2ccccc21. The number of rotatable bonds is 5. The molecular formula is C22H23N5O2. The third kappa shape index (κ3) is 3.51. The number of hydrogen-bond acceptors (Lipinski definition) is 4. The van der Waals surface area contributed by atoms with Gasteiger partial charge in [-0.1, -0.05) is 32.0 Å². The number of fused-ring (bicyclic) bond motifs is 3. The monoisotopic (exact) mass is 389 g/mol. The van der Waals surface area contributed by atoms with Crippen molar-refractivity contribution >= 4 is 22.5 Å². The molecule has 1 unspecified atom stereocenters. The van der Waals surface area contributed by atoms with Gasteiger partial charge < -0.3 is 9.88 Å². The first-order chi connectivity index (χ1) is 14.0. The maximum Gasteiger partial charge on any atom is 0.277 e. The molecule has 29 heavy (non-hydrogen) atoms. The number of benzene rings is 1. The Morgan fingerprint density at radius 1 is 1.03 bits per heavy atom. The predicted molar refractivity (Wildman–Crippen MR) is 112 cm³/mol. The van der Waals surface area contributed by atoms with Crippen LogP contribution in [0.3, 0.4) is 0 Å². The molecule has 0 spiro atoms. The van der Waals surface area contributed by atoms with Crippen molar-refractivity contribution in [2.75, 3.05) is 0 Å². The van der Waals surface area contributed by atoms with Gasteiger partial charge in [0.15, 0.2) is 5.69 Å². The van der Waals surface area contributed by atoms with Gasteiger partial charge in [0.25, 0.3) is 11.5 Å². The molecule has 0 saturated carbocycles. The number of hydrogen-bond donors (Lipinski definition) is 1. The number of pyridine rings is 1. The lowest BCUT2D eigenvalue weighted by Crippen LogP contribution is -2.27. The fourth-order valence-electron chi connectivity index (χ4n) is 3.47. The molecule has 4 aromatic rings. The minimum Gasteiger partial charge on any atom is -0.343 e. The maximum absolute atomic E-state index is 13.1. The summed E-state index contributed by atoms with van der Waals surface area (Å²) in [6.45, 7) is 6.60. The lowest BCUT2D eigenvalue weighted by Gasteiger charge is -2.13. The molecule has 7 heteroatoms. The normalized spacial score (nSPS) is 12.6. The fourth-order valence-corrected chi connectivity index (χ4v) is 3.47. The summed E-state index contributed by atoms with van der Waals surface area (Å²) in [5.41, 5.74) is 2.79. The van der Waals surface area contributed by atoms with Crippen molar-refractivity contribution in [1.29, 1.82) is 0 Å². The third-order valence-corrected chi connectivity index (χ3v) is 4.83. The van der Waals surface area contributed by atoms with Crippen LogP contribution in [0.4, 0.5) is 0 Å². The van der Waals surface area contributed by atoms with Crippen LogP contribution in [-0.2, 0) is 6.54 Å². The van der Waals surface area contributed by atoms with E-state index in [4.69, 9.17) is 0 Å². The van der Waals surface area contributed by atoms with E-state index < -0.39 is 0 Å². The van der Waals surface area contributed by atoms with E-state index in [1.165, 1.54) is 0 Å². The van der Waals surface area contributed by atoms with Gasteiger partial charge in [-0.3, -0.25) is 14.6 Å². The van der Waals surface area contributed by atoms with Crippen molar-refractivity contribution in [3.05, 3.63) is 76.5 Å². The van der Waals surface area contributed by atoms with Crippen LogP contribution in [-0.4, -0.2) is 25.1 Å². The van der Waals surface area contributed by atoms with E-state index >= 15 is 0 Å². The molecule has 1 amide bonds. The van der Waals surface area contributed by atoms with Crippen LogP contribution in [0.25, 0.3) is 16.6 Å². The van der Waals surface area contributed by atoms with Crippen LogP contribution in [0.1, 0.15) is 43.0 Å². The molecule has 0 aliphatic carbocycles. The van der Waals surface area contributed by atoms with Crippen molar-refractivity contribution in [3.8, 4) is 0 Å². The van der Waals surface area contributed by atoms with Gasteiger partial charge in [-0.25, -0.2) is 4.52 Å². The van der Waals surface area contributed by atoms with E-state index in [1.807, 2.05) is 49.4 Å². The average molecular weight is 389 g/mol. The van der Waals surface area contributed by atoms with Gasteiger partial charge in [0.05, 0.1) is 22.8 Å². The van der Waals surface area contributed by atoms with Crippen LogP contribution in [0, 0.1) is 5.92 Å². The highest BCUT2D eigenvalue weighted by Gasteiger charge is 2.19. The Kier molecular flexibility index (Phi) is 4.88. The summed E-state index contributed by atoms with van der Waals surface area (Å²) in [4.78, 5) is 30.2. The molecule has 148 valence electrons. The second-order valence-corrected chi connectivity index (χ2v) is 7.57. The van der Waals surface area contributed by atoms with Crippen molar-refractivity contribution in [2.24, 2.45) is 5.92 Å². The summed E-state index contributed by atoms with van der Waals surface area (Å²) in [6, 6.07) is 14.5. The van der Waals surface area contributed by atoms with Gasteiger partial charge in [0, 0.05) is 18.8 Å². The summed E-state index contributed by atoms with van der Waals surface area (Å²) in [7, 11) is 0. The molecule has 1 aromatic carbocycles. The molecule has 1 N–H and O–H groups in total. The van der Waals surface area contributed by atoms with E-state index in [-0.39, 0.29) is 23.2 Å². The zero-order valence-electron chi connectivity index (χ0n) is 16.7.